The van der Waals surface area contributed by atoms with Crippen LogP contribution in [0.3, 0.4) is 0 Å². The minimum Gasteiger partial charge on any atom is -0.320 e. The van der Waals surface area contributed by atoms with Crippen molar-refractivity contribution in [1.82, 2.24) is 15.0 Å². The molecule has 2 aromatic heterocycles. The Morgan fingerprint density at radius 3 is 2.63 bits per heavy atom. The standard InChI is InChI=1S/C15H13N5O5S2/c21-12(18-11-7-16-14(23)19-13(11)22)6-9-8-26-15(17-9)20-27(24,25)10-4-2-1-3-5-10/h1-5,7-8H,6H2,(H,17,20)(H,18,21)(H2,16,19,22,23). The van der Waals surface area contributed by atoms with E-state index in [1.54, 1.807) is 18.2 Å². The number of carbonyl (C=O) groups excluding carboxylic acids is 1. The van der Waals surface area contributed by atoms with Gasteiger partial charge in [0, 0.05) is 11.6 Å². The summed E-state index contributed by atoms with van der Waals surface area (Å²) in [4.78, 5) is 42.9. The van der Waals surface area contributed by atoms with Gasteiger partial charge in [0.25, 0.3) is 15.6 Å². The maximum atomic E-state index is 12.2. The molecular weight excluding hydrogens is 394 g/mol. The zero-order valence-electron chi connectivity index (χ0n) is 13.6. The second kappa shape index (κ2) is 7.55. The summed E-state index contributed by atoms with van der Waals surface area (Å²) in [6.07, 6.45) is 0.904. The van der Waals surface area contributed by atoms with Crippen LogP contribution in [0.25, 0.3) is 0 Å². The highest BCUT2D eigenvalue weighted by Gasteiger charge is 2.16. The van der Waals surface area contributed by atoms with Gasteiger partial charge in [0.2, 0.25) is 5.91 Å². The molecule has 3 rings (SSSR count). The van der Waals surface area contributed by atoms with Crippen LogP contribution in [0.5, 0.6) is 0 Å². The summed E-state index contributed by atoms with van der Waals surface area (Å²) in [7, 11) is -3.77. The lowest BCUT2D eigenvalue weighted by Crippen LogP contribution is -2.27. The first-order valence-electron chi connectivity index (χ1n) is 7.47. The molecule has 1 aromatic carbocycles. The highest BCUT2D eigenvalue weighted by molar-refractivity contribution is 7.93. The highest BCUT2D eigenvalue weighted by Crippen LogP contribution is 2.20. The van der Waals surface area contributed by atoms with Crippen LogP contribution in [-0.4, -0.2) is 29.3 Å². The summed E-state index contributed by atoms with van der Waals surface area (Å²) in [5.41, 5.74) is -1.21. The Bertz CT molecular complexity index is 1180. The van der Waals surface area contributed by atoms with Gasteiger partial charge in [0.15, 0.2) is 5.13 Å². The van der Waals surface area contributed by atoms with Crippen molar-refractivity contribution in [3.05, 3.63) is 68.4 Å². The van der Waals surface area contributed by atoms with Crippen molar-refractivity contribution in [1.29, 1.82) is 0 Å². The van der Waals surface area contributed by atoms with Gasteiger partial charge in [-0.05, 0) is 12.1 Å². The van der Waals surface area contributed by atoms with E-state index in [2.05, 4.69) is 20.0 Å². The van der Waals surface area contributed by atoms with Crippen molar-refractivity contribution < 1.29 is 13.2 Å². The molecule has 4 N–H and O–H groups in total. The predicted molar refractivity (Wildman–Crippen MR) is 99.4 cm³/mol. The summed E-state index contributed by atoms with van der Waals surface area (Å²) in [6.45, 7) is 0. The Labute approximate surface area is 156 Å². The van der Waals surface area contributed by atoms with E-state index in [-0.39, 0.29) is 22.1 Å². The molecule has 0 aliphatic rings. The number of rotatable bonds is 6. The number of anilines is 2. The van der Waals surface area contributed by atoms with Crippen molar-refractivity contribution in [2.75, 3.05) is 10.0 Å². The highest BCUT2D eigenvalue weighted by atomic mass is 32.2. The van der Waals surface area contributed by atoms with Crippen LogP contribution in [0, 0.1) is 0 Å². The molecule has 0 unspecified atom stereocenters. The molecule has 0 spiro atoms. The molecule has 0 aliphatic carbocycles. The molecule has 0 fully saturated rings. The van der Waals surface area contributed by atoms with Crippen LogP contribution >= 0.6 is 11.3 Å². The quantitative estimate of drug-likeness (QED) is 0.467. The van der Waals surface area contributed by atoms with Crippen molar-refractivity contribution >= 4 is 38.1 Å². The van der Waals surface area contributed by atoms with Gasteiger partial charge in [-0.3, -0.25) is 19.3 Å². The molecule has 0 aliphatic heterocycles. The molecule has 0 atom stereocenters. The second-order valence-electron chi connectivity index (χ2n) is 5.27. The van der Waals surface area contributed by atoms with E-state index in [1.807, 2.05) is 4.98 Å². The third-order valence-corrected chi connectivity index (χ3v) is 5.55. The van der Waals surface area contributed by atoms with E-state index in [1.165, 1.54) is 17.5 Å². The Kier molecular flexibility index (Phi) is 5.19. The first kappa shape index (κ1) is 18.5. The predicted octanol–water partition coefficient (Wildman–Crippen LogP) is 0.502. The summed E-state index contributed by atoms with van der Waals surface area (Å²) < 4.78 is 26.8. The lowest BCUT2D eigenvalue weighted by molar-refractivity contribution is -0.115. The lowest BCUT2D eigenvalue weighted by atomic mass is 10.3. The molecule has 0 saturated carbocycles. The van der Waals surface area contributed by atoms with Gasteiger partial charge in [0.1, 0.15) is 5.69 Å². The number of nitrogens with one attached hydrogen (secondary N) is 4. The van der Waals surface area contributed by atoms with Gasteiger partial charge in [0.05, 0.1) is 17.0 Å². The molecule has 140 valence electrons. The number of aromatic nitrogens is 3. The van der Waals surface area contributed by atoms with Crippen LogP contribution in [0.4, 0.5) is 10.8 Å². The van der Waals surface area contributed by atoms with Gasteiger partial charge in [-0.25, -0.2) is 18.2 Å². The summed E-state index contributed by atoms with van der Waals surface area (Å²) in [5, 5.41) is 3.98. The van der Waals surface area contributed by atoms with Crippen molar-refractivity contribution in [3.63, 3.8) is 0 Å². The van der Waals surface area contributed by atoms with Crippen LogP contribution in [0.2, 0.25) is 0 Å². The maximum absolute atomic E-state index is 12.2. The lowest BCUT2D eigenvalue weighted by Gasteiger charge is -2.04. The van der Waals surface area contributed by atoms with E-state index >= 15 is 0 Å². The number of benzene rings is 1. The van der Waals surface area contributed by atoms with Crippen LogP contribution < -0.4 is 21.3 Å². The third-order valence-electron chi connectivity index (χ3n) is 3.26. The van der Waals surface area contributed by atoms with Crippen molar-refractivity contribution in [2.45, 2.75) is 11.3 Å². The van der Waals surface area contributed by atoms with Gasteiger partial charge in [-0.2, -0.15) is 0 Å². The zero-order valence-corrected chi connectivity index (χ0v) is 15.2. The number of hydrogen-bond donors (Lipinski definition) is 4. The second-order valence-corrected chi connectivity index (χ2v) is 7.81. The van der Waals surface area contributed by atoms with E-state index in [9.17, 15) is 22.8 Å². The van der Waals surface area contributed by atoms with Gasteiger partial charge >= 0.3 is 5.69 Å². The van der Waals surface area contributed by atoms with Crippen LogP contribution in [0.1, 0.15) is 5.69 Å². The van der Waals surface area contributed by atoms with Gasteiger partial charge in [-0.15, -0.1) is 11.3 Å². The number of thiazole rings is 1. The van der Waals surface area contributed by atoms with Crippen LogP contribution in [0.15, 0.2) is 56.4 Å². The van der Waals surface area contributed by atoms with Gasteiger partial charge < -0.3 is 10.3 Å². The molecule has 0 saturated heterocycles. The molecule has 0 bridgehead atoms. The summed E-state index contributed by atoms with van der Waals surface area (Å²) in [5.74, 6) is -0.546. The van der Waals surface area contributed by atoms with Crippen molar-refractivity contribution in [3.8, 4) is 0 Å². The molecule has 3 aromatic rings. The fraction of sp³-hybridized carbons (Fsp3) is 0.0667. The number of amides is 1. The van der Waals surface area contributed by atoms with E-state index < -0.39 is 27.2 Å². The largest absolute Gasteiger partial charge is 0.325 e. The normalized spacial score (nSPS) is 11.1. The minimum absolute atomic E-state index is 0.0942. The SMILES string of the molecule is O=C(Cc1csc(NS(=O)(=O)c2ccccc2)n1)Nc1c[nH]c(=O)[nH]c1=O. The fourth-order valence-corrected chi connectivity index (χ4v) is 4.05. The number of carbonyl (C=O) groups is 1. The molecule has 10 nitrogen and oxygen atoms in total. The van der Waals surface area contributed by atoms with E-state index in [0.29, 0.717) is 5.69 Å². The molecule has 12 heteroatoms. The molecular formula is C15H13N5O5S2. The Balaban J connectivity index is 1.66. The third kappa shape index (κ3) is 4.68. The summed E-state index contributed by atoms with van der Waals surface area (Å²) >= 11 is 1.03. The molecule has 0 radical (unpaired) electrons. The monoisotopic (exact) mass is 407 g/mol. The number of aromatic amines is 2. The van der Waals surface area contributed by atoms with E-state index in [4.69, 9.17) is 0 Å². The number of hydrogen-bond acceptors (Lipinski definition) is 7. The fourth-order valence-electron chi connectivity index (χ4n) is 2.07. The smallest absolute Gasteiger partial charge is 0.320 e. The topological polar surface area (TPSA) is 154 Å². The first-order chi connectivity index (χ1) is 12.8. The van der Waals surface area contributed by atoms with Gasteiger partial charge in [-0.1, -0.05) is 18.2 Å². The average Bonchev–Trinajstić information content (AvgIpc) is 3.04. The number of nitrogens with zero attached hydrogens (tertiary/aromatic N) is 1. The Hall–Kier alpha value is -3.25. The number of H-pyrrole nitrogens is 2. The van der Waals surface area contributed by atoms with Crippen molar-refractivity contribution in [2.24, 2.45) is 0 Å². The Morgan fingerprint density at radius 2 is 1.93 bits per heavy atom. The Morgan fingerprint density at radius 1 is 1.19 bits per heavy atom. The number of sulfonamides is 1. The first-order valence-corrected chi connectivity index (χ1v) is 9.84. The summed E-state index contributed by atoms with van der Waals surface area (Å²) in [6, 6.07) is 7.81. The minimum atomic E-state index is -3.77. The van der Waals surface area contributed by atoms with Crippen LogP contribution in [-0.2, 0) is 21.2 Å². The van der Waals surface area contributed by atoms with E-state index in [0.717, 1.165) is 17.5 Å². The molecule has 2 heterocycles. The zero-order chi connectivity index (χ0) is 19.4. The molecule has 27 heavy (non-hydrogen) atoms. The molecule has 1 amide bonds. The average molecular weight is 407 g/mol. The maximum Gasteiger partial charge on any atom is 0.325 e.